The van der Waals surface area contributed by atoms with Crippen molar-refractivity contribution >= 4 is 90.9 Å². The molecular weight excluding hydrogens is 703 g/mol. The van der Waals surface area contributed by atoms with Gasteiger partial charge in [-0.15, -0.1) is 22.7 Å². The maximum absolute atomic E-state index is 2.40. The summed E-state index contributed by atoms with van der Waals surface area (Å²) >= 11 is 3.73. The van der Waals surface area contributed by atoms with Crippen LogP contribution in [0.2, 0.25) is 0 Å². The van der Waals surface area contributed by atoms with Crippen molar-refractivity contribution in [2.45, 2.75) is 0 Å². The lowest BCUT2D eigenvalue weighted by Gasteiger charge is -2.27. The molecular formula is C52H33NS2. The second-order valence-corrected chi connectivity index (χ2v) is 16.3. The third-order valence-corrected chi connectivity index (χ3v) is 13.1. The van der Waals surface area contributed by atoms with Gasteiger partial charge in [0.1, 0.15) is 0 Å². The molecule has 0 spiro atoms. The molecule has 258 valence electrons. The van der Waals surface area contributed by atoms with Crippen molar-refractivity contribution in [1.29, 1.82) is 0 Å². The van der Waals surface area contributed by atoms with Crippen molar-refractivity contribution in [3.8, 4) is 33.4 Å². The Morgan fingerprint density at radius 2 is 0.836 bits per heavy atom. The van der Waals surface area contributed by atoms with Crippen LogP contribution in [0.3, 0.4) is 0 Å². The second-order valence-electron chi connectivity index (χ2n) is 14.1. The van der Waals surface area contributed by atoms with E-state index < -0.39 is 0 Å². The van der Waals surface area contributed by atoms with Crippen LogP contribution in [0.15, 0.2) is 200 Å². The number of thiophene rings is 2. The van der Waals surface area contributed by atoms with E-state index >= 15 is 0 Å². The Balaban J connectivity index is 1.05. The third kappa shape index (κ3) is 5.60. The van der Waals surface area contributed by atoms with Crippen LogP contribution in [0.4, 0.5) is 17.1 Å². The SMILES string of the molecule is c1cc(-c2ccc3ccccc3c2)cc(N(c2ccc(-c3cccc4sc5ccccc5c34)cc2)c2cccc(-c3ccc4sc5ccccc5c4c3)c2)c1. The van der Waals surface area contributed by atoms with Crippen LogP contribution < -0.4 is 4.90 Å². The quantitative estimate of drug-likeness (QED) is 0.164. The Labute approximate surface area is 327 Å². The Bertz CT molecular complexity index is 3220. The third-order valence-electron chi connectivity index (χ3n) is 10.8. The fourth-order valence-corrected chi connectivity index (χ4v) is 10.4. The van der Waals surface area contributed by atoms with Crippen LogP contribution in [0.25, 0.3) is 84.5 Å². The van der Waals surface area contributed by atoms with Crippen LogP contribution in [0.5, 0.6) is 0 Å². The van der Waals surface area contributed by atoms with Gasteiger partial charge in [0, 0.05) is 57.4 Å². The summed E-state index contributed by atoms with van der Waals surface area (Å²) in [4.78, 5) is 2.40. The van der Waals surface area contributed by atoms with Gasteiger partial charge in [0.2, 0.25) is 0 Å². The molecule has 55 heavy (non-hydrogen) atoms. The maximum atomic E-state index is 2.40. The van der Waals surface area contributed by atoms with Crippen LogP contribution in [0, 0.1) is 0 Å². The van der Waals surface area contributed by atoms with Crippen molar-refractivity contribution in [3.05, 3.63) is 200 Å². The molecule has 0 fully saturated rings. The highest BCUT2D eigenvalue weighted by Crippen LogP contribution is 2.43. The van der Waals surface area contributed by atoms with Gasteiger partial charge >= 0.3 is 0 Å². The Morgan fingerprint density at radius 3 is 1.62 bits per heavy atom. The summed E-state index contributed by atoms with van der Waals surface area (Å²) < 4.78 is 5.29. The first-order valence-electron chi connectivity index (χ1n) is 18.7. The first-order chi connectivity index (χ1) is 27.2. The Morgan fingerprint density at radius 1 is 0.291 bits per heavy atom. The largest absolute Gasteiger partial charge is 0.310 e. The highest BCUT2D eigenvalue weighted by Gasteiger charge is 2.17. The van der Waals surface area contributed by atoms with E-state index in [2.05, 4.69) is 205 Å². The lowest BCUT2D eigenvalue weighted by atomic mass is 9.98. The van der Waals surface area contributed by atoms with Gasteiger partial charge in [-0.2, -0.15) is 0 Å². The highest BCUT2D eigenvalue weighted by atomic mass is 32.1. The molecule has 0 aliphatic carbocycles. The highest BCUT2D eigenvalue weighted by molar-refractivity contribution is 7.26. The molecule has 1 nitrogen and oxygen atoms in total. The molecule has 11 aromatic rings. The molecule has 0 saturated carbocycles. The molecule has 2 heterocycles. The monoisotopic (exact) mass is 735 g/mol. The van der Waals surface area contributed by atoms with Gasteiger partial charge in [0.05, 0.1) is 0 Å². The topological polar surface area (TPSA) is 3.24 Å². The van der Waals surface area contributed by atoms with Crippen molar-refractivity contribution in [2.75, 3.05) is 4.90 Å². The molecule has 11 rings (SSSR count). The standard InChI is InChI=1S/C52H33NS2/c1-2-11-36-30-39(23-22-34(36)10-1)37-12-7-14-42(31-37)53(41-27-24-35(25-28-41)44-18-9-21-51-52(44)46-17-4-6-20-49(46)55-51)43-15-8-13-38(32-43)40-26-29-50-47(33-40)45-16-3-5-19-48(45)54-50/h1-33H. The first-order valence-corrected chi connectivity index (χ1v) is 20.3. The van der Waals surface area contributed by atoms with E-state index in [0.29, 0.717) is 0 Å². The van der Waals surface area contributed by atoms with Gasteiger partial charge < -0.3 is 4.90 Å². The molecule has 9 aromatic carbocycles. The summed E-state index contributed by atoms with van der Waals surface area (Å²) in [5, 5.41) is 7.78. The smallest absolute Gasteiger partial charge is 0.0467 e. The minimum Gasteiger partial charge on any atom is -0.310 e. The summed E-state index contributed by atoms with van der Waals surface area (Å²) in [6, 6.07) is 73.5. The molecule has 0 N–H and O–H groups in total. The van der Waals surface area contributed by atoms with Crippen LogP contribution >= 0.6 is 22.7 Å². The first kappa shape index (κ1) is 32.0. The number of nitrogens with zero attached hydrogens (tertiary/aromatic N) is 1. The molecule has 3 heteroatoms. The van der Waals surface area contributed by atoms with Crippen LogP contribution in [-0.2, 0) is 0 Å². The zero-order chi connectivity index (χ0) is 36.3. The lowest BCUT2D eigenvalue weighted by Crippen LogP contribution is -2.10. The van der Waals surface area contributed by atoms with Crippen LogP contribution in [-0.4, -0.2) is 0 Å². The molecule has 0 atom stereocenters. The average molecular weight is 736 g/mol. The number of hydrogen-bond acceptors (Lipinski definition) is 3. The maximum Gasteiger partial charge on any atom is 0.0467 e. The van der Waals surface area contributed by atoms with Gasteiger partial charge in [-0.05, 0) is 117 Å². The molecule has 0 aliphatic heterocycles. The van der Waals surface area contributed by atoms with Crippen molar-refractivity contribution in [1.82, 2.24) is 0 Å². The van der Waals surface area contributed by atoms with Gasteiger partial charge in [0.25, 0.3) is 0 Å². The molecule has 2 aromatic heterocycles. The van der Waals surface area contributed by atoms with Gasteiger partial charge in [0.15, 0.2) is 0 Å². The minimum absolute atomic E-state index is 1.11. The summed E-state index contributed by atoms with van der Waals surface area (Å²) in [5.74, 6) is 0. The van der Waals surface area contributed by atoms with Crippen LogP contribution in [0.1, 0.15) is 0 Å². The van der Waals surface area contributed by atoms with E-state index in [1.807, 2.05) is 22.7 Å². The van der Waals surface area contributed by atoms with E-state index in [9.17, 15) is 0 Å². The zero-order valence-corrected chi connectivity index (χ0v) is 31.4. The Hall–Kier alpha value is -6.52. The summed E-state index contributed by atoms with van der Waals surface area (Å²) in [5.41, 5.74) is 10.6. The second kappa shape index (κ2) is 13.1. The Kier molecular flexibility index (Phi) is 7.61. The summed E-state index contributed by atoms with van der Waals surface area (Å²) in [6.45, 7) is 0. The number of fused-ring (bicyclic) bond motifs is 7. The number of rotatable bonds is 6. The van der Waals surface area contributed by atoms with Gasteiger partial charge in [-0.3, -0.25) is 0 Å². The molecule has 0 unspecified atom stereocenters. The van der Waals surface area contributed by atoms with Crippen molar-refractivity contribution in [3.63, 3.8) is 0 Å². The van der Waals surface area contributed by atoms with E-state index in [0.717, 1.165) is 17.1 Å². The van der Waals surface area contributed by atoms with Crippen molar-refractivity contribution < 1.29 is 0 Å². The predicted molar refractivity (Wildman–Crippen MR) is 241 cm³/mol. The van der Waals surface area contributed by atoms with E-state index in [1.165, 1.54) is 84.5 Å². The molecule has 0 bridgehead atoms. The predicted octanol–water partition coefficient (Wildman–Crippen LogP) is 16.0. The number of anilines is 3. The summed E-state index contributed by atoms with van der Waals surface area (Å²) in [6.07, 6.45) is 0. The van der Waals surface area contributed by atoms with E-state index in [1.54, 1.807) is 0 Å². The molecule has 0 amide bonds. The summed E-state index contributed by atoms with van der Waals surface area (Å²) in [7, 11) is 0. The van der Waals surface area contributed by atoms with Gasteiger partial charge in [-0.25, -0.2) is 0 Å². The number of benzene rings is 9. The minimum atomic E-state index is 1.11. The molecule has 0 saturated heterocycles. The van der Waals surface area contributed by atoms with E-state index in [-0.39, 0.29) is 0 Å². The fraction of sp³-hybridized carbons (Fsp3) is 0. The van der Waals surface area contributed by atoms with Crippen molar-refractivity contribution in [2.24, 2.45) is 0 Å². The number of hydrogen-bond donors (Lipinski definition) is 0. The molecule has 0 radical (unpaired) electrons. The normalized spacial score (nSPS) is 11.6. The lowest BCUT2D eigenvalue weighted by molar-refractivity contribution is 1.28. The zero-order valence-electron chi connectivity index (χ0n) is 29.8. The van der Waals surface area contributed by atoms with E-state index in [4.69, 9.17) is 0 Å². The molecule has 0 aliphatic rings. The average Bonchev–Trinajstić information content (AvgIpc) is 3.82. The van der Waals surface area contributed by atoms with Gasteiger partial charge in [-0.1, -0.05) is 127 Å². The fourth-order valence-electron chi connectivity index (χ4n) is 8.18.